The first-order valence-electron chi connectivity index (χ1n) is 7.15. The normalized spacial score (nSPS) is 17.3. The van der Waals surface area contributed by atoms with Crippen LogP contribution in [0, 0.1) is 5.92 Å². The van der Waals surface area contributed by atoms with E-state index in [4.69, 9.17) is 4.84 Å². The third kappa shape index (κ3) is 3.90. The van der Waals surface area contributed by atoms with Gasteiger partial charge in [-0.05, 0) is 12.1 Å². The molecule has 0 N–H and O–H groups in total. The Morgan fingerprint density at radius 1 is 1.57 bits per heavy atom. The summed E-state index contributed by atoms with van der Waals surface area (Å²) in [5, 5.41) is 4.10. The summed E-state index contributed by atoms with van der Waals surface area (Å²) in [6.45, 7) is 8.53. The molecule has 1 aromatic rings. The summed E-state index contributed by atoms with van der Waals surface area (Å²) in [6.07, 6.45) is 4.01. The first-order chi connectivity index (χ1) is 10.1. The van der Waals surface area contributed by atoms with E-state index < -0.39 is 0 Å². The molecular weight excluding hydrogens is 266 g/mol. The standard InChI is InChI=1S/C16H21N3O2/c1-4-9-19(16(20)12(2)3)11-13-10-15(18-21-13)14-7-5-6-8-17-14/h4-8,12-13H,1,9-11H2,2-3H3/t13-/m1/s1. The predicted molar refractivity (Wildman–Crippen MR) is 81.9 cm³/mol. The van der Waals surface area contributed by atoms with Crippen LogP contribution in [0.5, 0.6) is 0 Å². The summed E-state index contributed by atoms with van der Waals surface area (Å²) in [5.41, 5.74) is 1.65. The second kappa shape index (κ2) is 7.02. The molecule has 1 aliphatic heterocycles. The summed E-state index contributed by atoms with van der Waals surface area (Å²) in [4.78, 5) is 23.6. The van der Waals surface area contributed by atoms with Crippen molar-refractivity contribution in [2.45, 2.75) is 26.4 Å². The molecule has 0 unspecified atom stereocenters. The monoisotopic (exact) mass is 287 g/mol. The Hall–Kier alpha value is -2.17. The van der Waals surface area contributed by atoms with Gasteiger partial charge in [0.05, 0.1) is 12.2 Å². The van der Waals surface area contributed by atoms with E-state index in [2.05, 4.69) is 16.7 Å². The molecule has 2 heterocycles. The smallest absolute Gasteiger partial charge is 0.225 e. The van der Waals surface area contributed by atoms with Crippen molar-refractivity contribution in [1.82, 2.24) is 9.88 Å². The van der Waals surface area contributed by atoms with Gasteiger partial charge in [-0.1, -0.05) is 31.1 Å². The maximum atomic E-state index is 12.1. The Bertz CT molecular complexity index is 526. The topological polar surface area (TPSA) is 54.8 Å². The van der Waals surface area contributed by atoms with Crippen LogP contribution in [-0.4, -0.2) is 40.7 Å². The van der Waals surface area contributed by atoms with Crippen LogP contribution in [0.1, 0.15) is 26.0 Å². The van der Waals surface area contributed by atoms with Gasteiger partial charge in [-0.15, -0.1) is 6.58 Å². The number of hydrogen-bond acceptors (Lipinski definition) is 4. The van der Waals surface area contributed by atoms with Gasteiger partial charge in [0, 0.05) is 25.1 Å². The average molecular weight is 287 g/mol. The van der Waals surface area contributed by atoms with Gasteiger partial charge in [-0.3, -0.25) is 9.78 Å². The number of oxime groups is 1. The minimum absolute atomic E-state index is 0.0393. The van der Waals surface area contributed by atoms with Crippen molar-refractivity contribution in [2.24, 2.45) is 11.1 Å². The van der Waals surface area contributed by atoms with Crippen LogP contribution in [0.15, 0.2) is 42.2 Å². The highest BCUT2D eigenvalue weighted by Gasteiger charge is 2.27. The number of amides is 1. The Morgan fingerprint density at radius 3 is 3.00 bits per heavy atom. The maximum Gasteiger partial charge on any atom is 0.225 e. The minimum Gasteiger partial charge on any atom is -0.390 e. The van der Waals surface area contributed by atoms with Crippen LogP contribution in [0.25, 0.3) is 0 Å². The van der Waals surface area contributed by atoms with Gasteiger partial charge in [0.1, 0.15) is 5.71 Å². The van der Waals surface area contributed by atoms with Gasteiger partial charge in [-0.25, -0.2) is 0 Å². The van der Waals surface area contributed by atoms with Crippen molar-refractivity contribution in [3.8, 4) is 0 Å². The highest BCUT2D eigenvalue weighted by atomic mass is 16.6. The summed E-state index contributed by atoms with van der Waals surface area (Å²) in [7, 11) is 0. The molecule has 5 nitrogen and oxygen atoms in total. The fraction of sp³-hybridized carbons (Fsp3) is 0.438. The first kappa shape index (κ1) is 15.2. The second-order valence-electron chi connectivity index (χ2n) is 5.37. The van der Waals surface area contributed by atoms with Crippen LogP contribution in [-0.2, 0) is 9.63 Å². The van der Waals surface area contributed by atoms with Gasteiger partial charge in [0.2, 0.25) is 5.91 Å². The van der Waals surface area contributed by atoms with Crippen LogP contribution >= 0.6 is 0 Å². The van der Waals surface area contributed by atoms with E-state index in [0.29, 0.717) is 19.5 Å². The average Bonchev–Trinajstić information content (AvgIpc) is 2.95. The van der Waals surface area contributed by atoms with E-state index >= 15 is 0 Å². The van der Waals surface area contributed by atoms with Gasteiger partial charge >= 0.3 is 0 Å². The van der Waals surface area contributed by atoms with E-state index in [-0.39, 0.29) is 17.9 Å². The molecule has 1 atom stereocenters. The SMILES string of the molecule is C=CCN(C[C@H]1CC(c2ccccn2)=NO1)C(=O)C(C)C. The Balaban J connectivity index is 1.96. The van der Waals surface area contributed by atoms with Gasteiger partial charge in [0.25, 0.3) is 0 Å². The molecule has 0 spiro atoms. The van der Waals surface area contributed by atoms with Crippen molar-refractivity contribution in [3.05, 3.63) is 42.7 Å². The van der Waals surface area contributed by atoms with Crippen molar-refractivity contribution in [2.75, 3.05) is 13.1 Å². The molecule has 5 heteroatoms. The molecule has 1 aliphatic rings. The molecule has 0 radical (unpaired) electrons. The Kier molecular flexibility index (Phi) is 5.09. The minimum atomic E-state index is -0.121. The number of rotatable bonds is 6. The summed E-state index contributed by atoms with van der Waals surface area (Å²) in [6, 6.07) is 5.69. The van der Waals surface area contributed by atoms with Gasteiger partial charge < -0.3 is 9.74 Å². The molecule has 2 rings (SSSR count). The zero-order chi connectivity index (χ0) is 15.2. The van der Waals surface area contributed by atoms with E-state index in [9.17, 15) is 4.79 Å². The molecule has 0 fully saturated rings. The summed E-state index contributed by atoms with van der Waals surface area (Å²) in [5.74, 6) is 0.0623. The predicted octanol–water partition coefficient (Wildman–Crippen LogP) is 2.25. The number of hydrogen-bond donors (Lipinski definition) is 0. The highest BCUT2D eigenvalue weighted by Crippen LogP contribution is 2.17. The Morgan fingerprint density at radius 2 is 2.38 bits per heavy atom. The number of nitrogens with zero attached hydrogens (tertiary/aromatic N) is 3. The van der Waals surface area contributed by atoms with E-state index in [0.717, 1.165) is 11.4 Å². The van der Waals surface area contributed by atoms with Crippen LogP contribution in [0.4, 0.5) is 0 Å². The maximum absolute atomic E-state index is 12.1. The molecule has 112 valence electrons. The number of carbonyl (C=O) groups excluding carboxylic acids is 1. The highest BCUT2D eigenvalue weighted by molar-refractivity contribution is 5.99. The third-order valence-corrected chi connectivity index (χ3v) is 3.27. The van der Waals surface area contributed by atoms with Crippen molar-refractivity contribution in [3.63, 3.8) is 0 Å². The van der Waals surface area contributed by atoms with Crippen LogP contribution in [0.2, 0.25) is 0 Å². The van der Waals surface area contributed by atoms with Crippen molar-refractivity contribution < 1.29 is 9.63 Å². The molecule has 1 amide bonds. The van der Waals surface area contributed by atoms with Gasteiger partial charge in [0.15, 0.2) is 6.10 Å². The number of carbonyl (C=O) groups is 1. The lowest BCUT2D eigenvalue weighted by Gasteiger charge is -2.25. The lowest BCUT2D eigenvalue weighted by Crippen LogP contribution is -2.40. The first-order valence-corrected chi connectivity index (χ1v) is 7.15. The molecule has 0 saturated heterocycles. The van der Waals surface area contributed by atoms with Gasteiger partial charge in [-0.2, -0.15) is 0 Å². The Labute approximate surface area is 125 Å². The second-order valence-corrected chi connectivity index (χ2v) is 5.37. The lowest BCUT2D eigenvalue weighted by atomic mass is 10.1. The number of aromatic nitrogens is 1. The molecule has 0 aliphatic carbocycles. The van der Waals surface area contributed by atoms with Crippen molar-refractivity contribution >= 4 is 11.6 Å². The fourth-order valence-corrected chi connectivity index (χ4v) is 2.23. The molecule has 21 heavy (non-hydrogen) atoms. The molecule has 1 aromatic heterocycles. The quantitative estimate of drug-likeness (QED) is 0.754. The zero-order valence-corrected chi connectivity index (χ0v) is 12.5. The molecule has 0 bridgehead atoms. The fourth-order valence-electron chi connectivity index (χ4n) is 2.23. The van der Waals surface area contributed by atoms with E-state index in [1.54, 1.807) is 17.2 Å². The molecule has 0 aromatic carbocycles. The summed E-state index contributed by atoms with van der Waals surface area (Å²) < 4.78 is 0. The molecule has 0 saturated carbocycles. The summed E-state index contributed by atoms with van der Waals surface area (Å²) >= 11 is 0. The molecular formula is C16H21N3O2. The third-order valence-electron chi connectivity index (χ3n) is 3.27. The van der Waals surface area contributed by atoms with Crippen LogP contribution in [0.3, 0.4) is 0 Å². The lowest BCUT2D eigenvalue weighted by molar-refractivity contribution is -0.135. The van der Waals surface area contributed by atoms with E-state index in [1.807, 2.05) is 32.0 Å². The van der Waals surface area contributed by atoms with Crippen LogP contribution < -0.4 is 0 Å². The van der Waals surface area contributed by atoms with E-state index in [1.165, 1.54) is 0 Å². The largest absolute Gasteiger partial charge is 0.390 e. The van der Waals surface area contributed by atoms with Crippen molar-refractivity contribution in [1.29, 1.82) is 0 Å². The zero-order valence-electron chi connectivity index (χ0n) is 12.5. The number of pyridine rings is 1.